The smallest absolute Gasteiger partial charge is 0.252 e. The number of halogens is 1. The number of amides is 2. The third-order valence-corrected chi connectivity index (χ3v) is 6.58. The van der Waals surface area contributed by atoms with E-state index in [0.717, 1.165) is 50.5 Å². The van der Waals surface area contributed by atoms with Gasteiger partial charge in [-0.3, -0.25) is 14.5 Å². The average Bonchev–Trinajstić information content (AvgIpc) is 3.23. The van der Waals surface area contributed by atoms with Gasteiger partial charge in [-0.05, 0) is 37.3 Å². The minimum absolute atomic E-state index is 0.133. The number of thioether (sulfide) groups is 1. The fourth-order valence-corrected chi connectivity index (χ4v) is 4.49. The third kappa shape index (κ3) is 5.39. The second-order valence-corrected chi connectivity index (χ2v) is 8.54. The molecule has 27 heavy (non-hydrogen) atoms. The van der Waals surface area contributed by atoms with Crippen LogP contribution in [-0.4, -0.2) is 67.1 Å². The molecule has 0 aromatic heterocycles. The molecule has 1 aliphatic heterocycles. The first kappa shape index (κ1) is 20.5. The Balaban J connectivity index is 1.40. The molecule has 0 bridgehead atoms. The molecule has 2 fully saturated rings. The number of rotatable bonds is 6. The Morgan fingerprint density at radius 2 is 1.89 bits per heavy atom. The van der Waals surface area contributed by atoms with Crippen molar-refractivity contribution in [2.45, 2.75) is 30.6 Å². The van der Waals surface area contributed by atoms with Gasteiger partial charge in [0.05, 0.1) is 10.6 Å². The van der Waals surface area contributed by atoms with E-state index in [1.807, 2.05) is 23.3 Å². The molecule has 1 aromatic rings. The van der Waals surface area contributed by atoms with E-state index >= 15 is 0 Å². The van der Waals surface area contributed by atoms with Crippen molar-refractivity contribution >= 4 is 35.2 Å². The molecule has 1 saturated heterocycles. The molecule has 2 amide bonds. The zero-order valence-corrected chi connectivity index (χ0v) is 17.5. The van der Waals surface area contributed by atoms with Gasteiger partial charge in [0, 0.05) is 50.1 Å². The number of piperazine rings is 1. The van der Waals surface area contributed by atoms with Gasteiger partial charge in [0.15, 0.2) is 0 Å². The molecule has 7 heteroatoms. The van der Waals surface area contributed by atoms with E-state index in [1.165, 1.54) is 12.8 Å². The molecule has 0 atom stereocenters. The van der Waals surface area contributed by atoms with Crippen LogP contribution in [0.3, 0.4) is 0 Å². The number of hydrogen-bond donors (Lipinski definition) is 1. The van der Waals surface area contributed by atoms with Crippen LogP contribution in [0.5, 0.6) is 0 Å². The van der Waals surface area contributed by atoms with E-state index in [2.05, 4.69) is 10.2 Å². The Morgan fingerprint density at radius 3 is 2.56 bits per heavy atom. The summed E-state index contributed by atoms with van der Waals surface area (Å²) in [6.45, 7) is 4.70. The van der Waals surface area contributed by atoms with Crippen molar-refractivity contribution in [3.8, 4) is 0 Å². The molecule has 1 aromatic carbocycles. The third-order valence-electron chi connectivity index (χ3n) is 5.52. The molecule has 1 heterocycles. The predicted octanol–water partition coefficient (Wildman–Crippen LogP) is 3.13. The topological polar surface area (TPSA) is 52.7 Å². The van der Waals surface area contributed by atoms with Gasteiger partial charge >= 0.3 is 0 Å². The van der Waals surface area contributed by atoms with Gasteiger partial charge in [0.2, 0.25) is 5.91 Å². The van der Waals surface area contributed by atoms with E-state index in [1.54, 1.807) is 17.8 Å². The second kappa shape index (κ2) is 9.80. The fourth-order valence-electron chi connectivity index (χ4n) is 3.85. The normalized spacial score (nSPS) is 18.7. The molecule has 148 valence electrons. The van der Waals surface area contributed by atoms with Gasteiger partial charge in [-0.1, -0.05) is 24.4 Å². The van der Waals surface area contributed by atoms with Crippen molar-refractivity contribution in [3.05, 3.63) is 28.8 Å². The molecule has 1 saturated carbocycles. The lowest BCUT2D eigenvalue weighted by Gasteiger charge is -2.36. The van der Waals surface area contributed by atoms with E-state index in [4.69, 9.17) is 11.6 Å². The highest BCUT2D eigenvalue weighted by Gasteiger charge is 2.29. The van der Waals surface area contributed by atoms with Crippen molar-refractivity contribution in [3.63, 3.8) is 0 Å². The summed E-state index contributed by atoms with van der Waals surface area (Å²) in [6.07, 6.45) is 6.48. The molecular formula is C20H28ClN3O2S. The molecule has 1 N–H and O–H groups in total. The fraction of sp³-hybridized carbons (Fsp3) is 0.600. The molecule has 3 rings (SSSR count). The highest BCUT2D eigenvalue weighted by Crippen LogP contribution is 2.27. The lowest BCUT2D eigenvalue weighted by molar-refractivity contribution is -0.137. The summed E-state index contributed by atoms with van der Waals surface area (Å²) in [5, 5.41) is 3.44. The van der Waals surface area contributed by atoms with Crippen LogP contribution >= 0.6 is 23.4 Å². The van der Waals surface area contributed by atoms with Crippen molar-refractivity contribution in [1.29, 1.82) is 0 Å². The summed E-state index contributed by atoms with van der Waals surface area (Å²) in [7, 11) is 0. The summed E-state index contributed by atoms with van der Waals surface area (Å²) >= 11 is 7.75. The Bertz CT molecular complexity index is 671. The summed E-state index contributed by atoms with van der Waals surface area (Å²) in [5.41, 5.74) is 0.524. The number of carbonyl (C=O) groups excluding carboxylic acids is 2. The Kier molecular flexibility index (Phi) is 7.44. The molecule has 0 radical (unpaired) electrons. The summed E-state index contributed by atoms with van der Waals surface area (Å²) in [5.74, 6) is 0.479. The van der Waals surface area contributed by atoms with Gasteiger partial charge in [-0.15, -0.1) is 11.8 Å². The molecular weight excluding hydrogens is 382 g/mol. The monoisotopic (exact) mass is 409 g/mol. The standard InChI is InChI=1S/C20H28ClN3O2S/c1-27-16-6-7-18(21)17(14-16)19(25)22-8-9-23-10-12-24(13-11-23)20(26)15-4-2-3-5-15/h6-7,14-15H,2-5,8-13H2,1H3,(H,22,25). The van der Waals surface area contributed by atoms with Gasteiger partial charge in [-0.25, -0.2) is 0 Å². The van der Waals surface area contributed by atoms with Crippen LogP contribution in [0, 0.1) is 5.92 Å². The maximum atomic E-state index is 12.5. The predicted molar refractivity (Wildman–Crippen MR) is 111 cm³/mol. The first-order valence-corrected chi connectivity index (χ1v) is 11.3. The average molecular weight is 410 g/mol. The zero-order chi connectivity index (χ0) is 19.2. The maximum absolute atomic E-state index is 12.5. The van der Waals surface area contributed by atoms with Gasteiger partial charge in [-0.2, -0.15) is 0 Å². The number of carbonyl (C=O) groups is 2. The van der Waals surface area contributed by atoms with Gasteiger partial charge < -0.3 is 10.2 Å². The SMILES string of the molecule is CSc1ccc(Cl)c(C(=O)NCCN2CCN(C(=O)C3CCCC3)CC2)c1. The van der Waals surface area contributed by atoms with E-state index in [-0.39, 0.29) is 11.8 Å². The van der Waals surface area contributed by atoms with Crippen LogP contribution in [0.1, 0.15) is 36.0 Å². The lowest BCUT2D eigenvalue weighted by Crippen LogP contribution is -2.51. The van der Waals surface area contributed by atoms with Crippen molar-refractivity contribution < 1.29 is 9.59 Å². The van der Waals surface area contributed by atoms with Crippen molar-refractivity contribution in [2.24, 2.45) is 5.92 Å². The van der Waals surface area contributed by atoms with Crippen LogP contribution in [0.15, 0.2) is 23.1 Å². The van der Waals surface area contributed by atoms with Crippen LogP contribution in [0.25, 0.3) is 0 Å². The van der Waals surface area contributed by atoms with Crippen molar-refractivity contribution in [2.75, 3.05) is 45.5 Å². The Hall–Kier alpha value is -1.24. The maximum Gasteiger partial charge on any atom is 0.252 e. The highest BCUT2D eigenvalue weighted by atomic mass is 35.5. The molecule has 2 aliphatic rings. The summed E-state index contributed by atoms with van der Waals surface area (Å²) in [4.78, 5) is 30.2. The van der Waals surface area contributed by atoms with Gasteiger partial charge in [0.1, 0.15) is 0 Å². The van der Waals surface area contributed by atoms with E-state index < -0.39 is 0 Å². The van der Waals surface area contributed by atoms with E-state index in [9.17, 15) is 9.59 Å². The Labute approximate surface area is 170 Å². The summed E-state index contributed by atoms with van der Waals surface area (Å²) in [6, 6.07) is 5.51. The highest BCUT2D eigenvalue weighted by molar-refractivity contribution is 7.98. The quantitative estimate of drug-likeness (QED) is 0.733. The largest absolute Gasteiger partial charge is 0.351 e. The second-order valence-electron chi connectivity index (χ2n) is 7.25. The molecule has 1 aliphatic carbocycles. The first-order chi connectivity index (χ1) is 13.1. The van der Waals surface area contributed by atoms with E-state index in [0.29, 0.717) is 23.0 Å². The Morgan fingerprint density at radius 1 is 1.19 bits per heavy atom. The first-order valence-electron chi connectivity index (χ1n) is 9.71. The van der Waals surface area contributed by atoms with Crippen molar-refractivity contribution in [1.82, 2.24) is 15.1 Å². The number of hydrogen-bond acceptors (Lipinski definition) is 4. The molecule has 0 spiro atoms. The van der Waals surface area contributed by atoms with Crippen LogP contribution < -0.4 is 5.32 Å². The van der Waals surface area contributed by atoms with Crippen LogP contribution in [0.4, 0.5) is 0 Å². The molecule has 5 nitrogen and oxygen atoms in total. The number of nitrogens with one attached hydrogen (secondary N) is 1. The lowest BCUT2D eigenvalue weighted by atomic mass is 10.1. The summed E-state index contributed by atoms with van der Waals surface area (Å²) < 4.78 is 0. The molecule has 0 unspecified atom stereocenters. The van der Waals surface area contributed by atoms with Gasteiger partial charge in [0.25, 0.3) is 5.91 Å². The number of benzene rings is 1. The van der Waals surface area contributed by atoms with Crippen LogP contribution in [0.2, 0.25) is 5.02 Å². The minimum Gasteiger partial charge on any atom is -0.351 e. The zero-order valence-electron chi connectivity index (χ0n) is 15.9. The minimum atomic E-state index is -0.133. The number of nitrogens with zero attached hydrogens (tertiary/aromatic N) is 2. The van der Waals surface area contributed by atoms with Crippen LogP contribution in [-0.2, 0) is 4.79 Å².